The lowest BCUT2D eigenvalue weighted by molar-refractivity contribution is -0.118. The summed E-state index contributed by atoms with van der Waals surface area (Å²) >= 11 is 0. The molecule has 6 nitrogen and oxygen atoms in total. The number of nitrogens with one attached hydrogen (secondary N) is 3. The van der Waals surface area contributed by atoms with Crippen LogP contribution >= 0.6 is 0 Å². The monoisotopic (exact) mass is 404 g/mol. The Morgan fingerprint density at radius 1 is 1.17 bits per heavy atom. The van der Waals surface area contributed by atoms with Gasteiger partial charge in [0.2, 0.25) is 5.91 Å². The van der Waals surface area contributed by atoms with Crippen molar-refractivity contribution in [1.82, 2.24) is 5.32 Å². The van der Waals surface area contributed by atoms with Crippen LogP contribution in [0.1, 0.15) is 25.8 Å². The molecule has 0 radical (unpaired) electrons. The molecule has 1 fully saturated rings. The van der Waals surface area contributed by atoms with E-state index in [0.717, 1.165) is 40.7 Å². The lowest BCUT2D eigenvalue weighted by atomic mass is 9.93. The molecule has 4 rings (SSSR count). The Labute approximate surface area is 177 Å². The second kappa shape index (κ2) is 8.22. The molecule has 2 aliphatic rings. The second-order valence-electron chi connectivity index (χ2n) is 7.96. The molecule has 1 saturated carbocycles. The Morgan fingerprint density at radius 3 is 2.67 bits per heavy atom. The van der Waals surface area contributed by atoms with E-state index in [0.29, 0.717) is 13.2 Å². The zero-order valence-electron chi connectivity index (χ0n) is 17.7. The fraction of sp³-hybridized carbons (Fsp3) is 0.333. The first-order chi connectivity index (χ1) is 14.5. The van der Waals surface area contributed by atoms with Crippen LogP contribution in [0.5, 0.6) is 0 Å². The molecule has 1 aliphatic carbocycles. The van der Waals surface area contributed by atoms with E-state index in [1.807, 2.05) is 63.4 Å². The summed E-state index contributed by atoms with van der Waals surface area (Å²) in [5.74, 6) is 1.62. The van der Waals surface area contributed by atoms with Crippen LogP contribution in [0.4, 0.5) is 11.4 Å². The van der Waals surface area contributed by atoms with E-state index in [-0.39, 0.29) is 17.2 Å². The molecule has 1 heterocycles. The Bertz CT molecular complexity index is 999. The van der Waals surface area contributed by atoms with Gasteiger partial charge in [0.15, 0.2) is 0 Å². The number of amides is 1. The molecule has 3 N–H and O–H groups in total. The van der Waals surface area contributed by atoms with Gasteiger partial charge in [-0.2, -0.15) is 0 Å². The molecular formula is C24H28N4O2. The van der Waals surface area contributed by atoms with E-state index in [9.17, 15) is 4.79 Å². The van der Waals surface area contributed by atoms with Gasteiger partial charge in [-0.3, -0.25) is 9.79 Å². The number of hydrogen-bond donors (Lipinski definition) is 3. The minimum Gasteiger partial charge on any atom is -0.493 e. The molecule has 6 heteroatoms. The van der Waals surface area contributed by atoms with Crippen molar-refractivity contribution in [3.8, 4) is 0 Å². The lowest BCUT2D eigenvalue weighted by Crippen LogP contribution is -2.29. The van der Waals surface area contributed by atoms with Crippen molar-refractivity contribution in [3.63, 3.8) is 0 Å². The maximum absolute atomic E-state index is 13.1. The third kappa shape index (κ3) is 4.03. The summed E-state index contributed by atoms with van der Waals surface area (Å²) in [4.78, 5) is 17.5. The van der Waals surface area contributed by atoms with E-state index in [1.54, 1.807) is 0 Å². The molecule has 1 unspecified atom stereocenters. The molecule has 2 aromatic rings. The van der Waals surface area contributed by atoms with Gasteiger partial charge in [-0.25, -0.2) is 0 Å². The number of nitrogens with zero attached hydrogens (tertiary/aromatic N) is 1. The summed E-state index contributed by atoms with van der Waals surface area (Å²) in [5.41, 5.74) is 3.55. The predicted octanol–water partition coefficient (Wildman–Crippen LogP) is 3.89. The second-order valence-corrected chi connectivity index (χ2v) is 7.96. The third-order valence-corrected chi connectivity index (χ3v) is 5.91. The normalized spacial score (nSPS) is 22.6. The van der Waals surface area contributed by atoms with Crippen LogP contribution in [0, 0.1) is 5.92 Å². The quantitative estimate of drug-likeness (QED) is 0.654. The van der Waals surface area contributed by atoms with Crippen LogP contribution in [-0.2, 0) is 14.9 Å². The van der Waals surface area contributed by atoms with E-state index >= 15 is 0 Å². The molecule has 1 aliphatic heterocycles. The molecule has 0 saturated heterocycles. The average Bonchev–Trinajstić information content (AvgIpc) is 3.50. The number of carbonyl (C=O) groups is 1. The van der Waals surface area contributed by atoms with Gasteiger partial charge in [0.1, 0.15) is 12.3 Å². The fourth-order valence-electron chi connectivity index (χ4n) is 4.02. The highest BCUT2D eigenvalue weighted by atomic mass is 16.5. The van der Waals surface area contributed by atoms with Gasteiger partial charge in [0.25, 0.3) is 0 Å². The SMILES string of the molecule is CNc1cccc(NC(=O)[C@@H]2CC2(COC2=C(C)NC(C)=NC2)c2ccccc2)c1. The smallest absolute Gasteiger partial charge is 0.228 e. The molecule has 0 bridgehead atoms. The fourth-order valence-corrected chi connectivity index (χ4v) is 4.02. The van der Waals surface area contributed by atoms with Crippen molar-refractivity contribution in [3.05, 3.63) is 71.6 Å². The van der Waals surface area contributed by atoms with Crippen molar-refractivity contribution >= 4 is 23.1 Å². The first-order valence-electron chi connectivity index (χ1n) is 10.3. The first-order valence-corrected chi connectivity index (χ1v) is 10.3. The minimum absolute atomic E-state index is 0.0250. The van der Waals surface area contributed by atoms with Crippen LogP contribution in [0.2, 0.25) is 0 Å². The summed E-state index contributed by atoms with van der Waals surface area (Å²) in [5, 5.41) is 9.40. The highest BCUT2D eigenvalue weighted by Gasteiger charge is 2.60. The summed E-state index contributed by atoms with van der Waals surface area (Å²) in [6, 6.07) is 17.9. The van der Waals surface area contributed by atoms with Crippen LogP contribution < -0.4 is 16.0 Å². The first kappa shape index (κ1) is 20.0. The van der Waals surface area contributed by atoms with Gasteiger partial charge in [-0.1, -0.05) is 36.4 Å². The number of ether oxygens (including phenoxy) is 1. The van der Waals surface area contributed by atoms with Crippen LogP contribution in [0.3, 0.4) is 0 Å². The zero-order valence-corrected chi connectivity index (χ0v) is 17.7. The summed E-state index contributed by atoms with van der Waals surface area (Å²) in [6.07, 6.45) is 0.761. The number of amidine groups is 1. The number of rotatable bonds is 7. The molecule has 2 aromatic carbocycles. The van der Waals surface area contributed by atoms with Crippen LogP contribution in [-0.4, -0.2) is 31.9 Å². The number of hydrogen-bond acceptors (Lipinski definition) is 5. The highest BCUT2D eigenvalue weighted by molar-refractivity contribution is 5.96. The van der Waals surface area contributed by atoms with Crippen molar-refractivity contribution in [2.24, 2.45) is 10.9 Å². The molecule has 2 atom stereocenters. The molecule has 30 heavy (non-hydrogen) atoms. The largest absolute Gasteiger partial charge is 0.493 e. The van der Waals surface area contributed by atoms with E-state index < -0.39 is 0 Å². The van der Waals surface area contributed by atoms with Gasteiger partial charge < -0.3 is 20.7 Å². The Morgan fingerprint density at radius 2 is 1.93 bits per heavy atom. The maximum atomic E-state index is 13.1. The molecular weight excluding hydrogens is 376 g/mol. The standard InChI is InChI=1S/C24H28N4O2/c1-16-22(14-26-17(2)27-16)30-15-24(18-8-5-4-6-9-18)13-21(24)23(29)28-20-11-7-10-19(12-20)25-3/h4-12,21,25H,13-15H2,1-3H3,(H,26,27)(H,28,29)/t21-,24?/m0/s1. The van der Waals surface area contributed by atoms with Gasteiger partial charge >= 0.3 is 0 Å². The van der Waals surface area contributed by atoms with E-state index in [4.69, 9.17) is 4.74 Å². The van der Waals surface area contributed by atoms with Gasteiger partial charge in [0, 0.05) is 23.8 Å². The number of benzene rings is 2. The topological polar surface area (TPSA) is 74.8 Å². The summed E-state index contributed by atoms with van der Waals surface area (Å²) < 4.78 is 6.21. The zero-order chi connectivity index (χ0) is 21.1. The van der Waals surface area contributed by atoms with E-state index in [1.165, 1.54) is 0 Å². The summed E-state index contributed by atoms with van der Waals surface area (Å²) in [7, 11) is 1.86. The van der Waals surface area contributed by atoms with Crippen molar-refractivity contribution in [2.75, 3.05) is 30.8 Å². The molecule has 156 valence electrons. The van der Waals surface area contributed by atoms with Crippen molar-refractivity contribution in [1.29, 1.82) is 0 Å². The maximum Gasteiger partial charge on any atom is 0.228 e. The number of anilines is 2. The Kier molecular flexibility index (Phi) is 5.48. The van der Waals surface area contributed by atoms with Crippen LogP contribution in [0.25, 0.3) is 0 Å². The molecule has 0 spiro atoms. The van der Waals surface area contributed by atoms with Gasteiger partial charge in [0.05, 0.1) is 24.1 Å². The average molecular weight is 405 g/mol. The van der Waals surface area contributed by atoms with E-state index in [2.05, 4.69) is 33.1 Å². The predicted molar refractivity (Wildman–Crippen MR) is 121 cm³/mol. The van der Waals surface area contributed by atoms with Gasteiger partial charge in [-0.05, 0) is 44.0 Å². The molecule has 0 aromatic heterocycles. The van der Waals surface area contributed by atoms with Gasteiger partial charge in [-0.15, -0.1) is 0 Å². The van der Waals surface area contributed by atoms with Crippen LogP contribution in [0.15, 0.2) is 71.0 Å². The molecule has 1 amide bonds. The van der Waals surface area contributed by atoms with Crippen molar-refractivity contribution in [2.45, 2.75) is 25.7 Å². The summed E-state index contributed by atoms with van der Waals surface area (Å²) in [6.45, 7) is 4.92. The Balaban J connectivity index is 1.51. The lowest BCUT2D eigenvalue weighted by Gasteiger charge is -2.23. The number of carbonyl (C=O) groups excluding carboxylic acids is 1. The highest BCUT2D eigenvalue weighted by Crippen LogP contribution is 2.55. The third-order valence-electron chi connectivity index (χ3n) is 5.91. The number of allylic oxidation sites excluding steroid dienone is 1. The van der Waals surface area contributed by atoms with Crippen molar-refractivity contribution < 1.29 is 9.53 Å². The minimum atomic E-state index is -0.324. The Hall–Kier alpha value is -3.28. The number of aliphatic imine (C=N–C) groups is 1.